The van der Waals surface area contributed by atoms with E-state index in [4.69, 9.17) is 5.11 Å². The topological polar surface area (TPSA) is 104 Å². The van der Waals surface area contributed by atoms with E-state index in [1.165, 1.54) is 6.92 Å². The molecule has 0 aromatic carbocycles. The van der Waals surface area contributed by atoms with E-state index in [0.717, 1.165) is 6.42 Å². The van der Waals surface area contributed by atoms with Gasteiger partial charge in [0.15, 0.2) is 0 Å². The number of aliphatic hydroxyl groups is 1. The van der Waals surface area contributed by atoms with Gasteiger partial charge in [0.05, 0.1) is 17.8 Å². The zero-order valence-electron chi connectivity index (χ0n) is 9.56. The van der Waals surface area contributed by atoms with E-state index in [0.29, 0.717) is 6.42 Å². The minimum absolute atomic E-state index is 0.00729. The zero-order chi connectivity index (χ0) is 12.8. The summed E-state index contributed by atoms with van der Waals surface area (Å²) in [6.45, 7) is 2.87. The number of carbonyl (C=O) groups is 1. The second-order valence-electron chi connectivity index (χ2n) is 4.06. The molecule has 6 nitrogen and oxygen atoms in total. The van der Waals surface area contributed by atoms with Crippen LogP contribution in [0.1, 0.15) is 33.1 Å². The molecule has 0 spiro atoms. The third-order valence-corrected chi connectivity index (χ3v) is 3.38. The fourth-order valence-corrected chi connectivity index (χ4v) is 2.40. The van der Waals surface area contributed by atoms with Crippen molar-refractivity contribution in [1.29, 1.82) is 0 Å². The zero-order valence-corrected chi connectivity index (χ0v) is 10.4. The molecule has 0 aromatic heterocycles. The van der Waals surface area contributed by atoms with Crippen LogP contribution in [0.15, 0.2) is 0 Å². The van der Waals surface area contributed by atoms with E-state index < -0.39 is 28.0 Å². The van der Waals surface area contributed by atoms with Gasteiger partial charge in [0, 0.05) is 6.54 Å². The van der Waals surface area contributed by atoms with Gasteiger partial charge in [-0.05, 0) is 13.3 Å². The highest BCUT2D eigenvalue weighted by atomic mass is 32.2. The van der Waals surface area contributed by atoms with Crippen molar-refractivity contribution < 1.29 is 23.4 Å². The molecule has 0 heterocycles. The van der Waals surface area contributed by atoms with Crippen molar-refractivity contribution in [2.24, 2.45) is 0 Å². The second kappa shape index (κ2) is 6.17. The monoisotopic (exact) mass is 253 g/mol. The van der Waals surface area contributed by atoms with Crippen LogP contribution in [0.5, 0.6) is 0 Å². The van der Waals surface area contributed by atoms with E-state index in [1.807, 2.05) is 6.92 Å². The number of carboxylic acid groups (broad SMARTS) is 1. The van der Waals surface area contributed by atoms with Gasteiger partial charge >= 0.3 is 5.97 Å². The van der Waals surface area contributed by atoms with Gasteiger partial charge in [-0.15, -0.1) is 0 Å². The summed E-state index contributed by atoms with van der Waals surface area (Å²) in [6, 6.07) is 0. The van der Waals surface area contributed by atoms with Crippen LogP contribution in [0.2, 0.25) is 0 Å². The lowest BCUT2D eigenvalue weighted by atomic mass is 10.0. The van der Waals surface area contributed by atoms with Crippen LogP contribution < -0.4 is 4.72 Å². The Balaban J connectivity index is 4.17. The first-order valence-electron chi connectivity index (χ1n) is 5.10. The summed E-state index contributed by atoms with van der Waals surface area (Å²) in [4.78, 5) is 10.4. The minimum Gasteiger partial charge on any atom is -0.481 e. The highest BCUT2D eigenvalue weighted by Gasteiger charge is 2.26. The Morgan fingerprint density at radius 2 is 2.00 bits per heavy atom. The van der Waals surface area contributed by atoms with Gasteiger partial charge in [-0.2, -0.15) is 0 Å². The first kappa shape index (κ1) is 15.3. The average Bonchev–Trinajstić information content (AvgIpc) is 2.10. The molecule has 0 aliphatic rings. The van der Waals surface area contributed by atoms with Crippen molar-refractivity contribution >= 4 is 16.0 Å². The summed E-state index contributed by atoms with van der Waals surface area (Å²) in [5.74, 6) is -1.18. The lowest BCUT2D eigenvalue weighted by molar-refractivity contribution is -0.141. The van der Waals surface area contributed by atoms with Crippen molar-refractivity contribution in [2.75, 3.05) is 12.3 Å². The number of nitrogens with one attached hydrogen (secondary N) is 1. The summed E-state index contributed by atoms with van der Waals surface area (Å²) in [7, 11) is -3.42. The fraction of sp³-hybridized carbons (Fsp3) is 0.889. The molecule has 1 unspecified atom stereocenters. The molecule has 3 N–H and O–H groups in total. The third kappa shape index (κ3) is 7.61. The third-order valence-electron chi connectivity index (χ3n) is 1.97. The van der Waals surface area contributed by atoms with Gasteiger partial charge in [-0.1, -0.05) is 13.3 Å². The number of hydrogen-bond acceptors (Lipinski definition) is 4. The number of sulfonamides is 1. The maximum Gasteiger partial charge on any atom is 0.306 e. The SMILES string of the molecule is CCCCS(=O)(=O)NCC(C)(O)CC(=O)O. The maximum atomic E-state index is 11.4. The van der Waals surface area contributed by atoms with Crippen molar-refractivity contribution in [2.45, 2.75) is 38.7 Å². The number of hydrogen-bond donors (Lipinski definition) is 3. The van der Waals surface area contributed by atoms with E-state index in [2.05, 4.69) is 4.72 Å². The Hall–Kier alpha value is -0.660. The lowest BCUT2D eigenvalue weighted by Crippen LogP contribution is -2.42. The predicted octanol–water partition coefficient (Wildman–Crippen LogP) is -0.0684. The molecular weight excluding hydrogens is 234 g/mol. The lowest BCUT2D eigenvalue weighted by Gasteiger charge is -2.21. The van der Waals surface area contributed by atoms with Crippen molar-refractivity contribution in [3.05, 3.63) is 0 Å². The molecule has 0 bridgehead atoms. The van der Waals surface area contributed by atoms with Crippen LogP contribution in [-0.2, 0) is 14.8 Å². The van der Waals surface area contributed by atoms with Gasteiger partial charge in [0.1, 0.15) is 0 Å². The van der Waals surface area contributed by atoms with Crippen molar-refractivity contribution in [1.82, 2.24) is 4.72 Å². The maximum absolute atomic E-state index is 11.4. The Morgan fingerprint density at radius 3 is 2.44 bits per heavy atom. The first-order chi connectivity index (χ1) is 7.18. The van der Waals surface area contributed by atoms with E-state index in [-0.39, 0.29) is 12.3 Å². The second-order valence-corrected chi connectivity index (χ2v) is 5.99. The molecule has 7 heteroatoms. The molecule has 0 aliphatic heterocycles. The summed E-state index contributed by atoms with van der Waals surface area (Å²) in [5, 5.41) is 18.0. The van der Waals surface area contributed by atoms with Crippen molar-refractivity contribution in [3.63, 3.8) is 0 Å². The van der Waals surface area contributed by atoms with Crippen LogP contribution in [0.25, 0.3) is 0 Å². The largest absolute Gasteiger partial charge is 0.481 e. The summed E-state index contributed by atoms with van der Waals surface area (Å²) < 4.78 is 24.9. The van der Waals surface area contributed by atoms with E-state index in [1.54, 1.807) is 0 Å². The van der Waals surface area contributed by atoms with Crippen LogP contribution in [0, 0.1) is 0 Å². The highest BCUT2D eigenvalue weighted by molar-refractivity contribution is 7.89. The number of aliphatic carboxylic acids is 1. The van der Waals surface area contributed by atoms with Crippen LogP contribution in [0.3, 0.4) is 0 Å². The van der Waals surface area contributed by atoms with E-state index >= 15 is 0 Å². The molecule has 0 saturated heterocycles. The van der Waals surface area contributed by atoms with Gasteiger partial charge in [0.25, 0.3) is 0 Å². The number of carboxylic acids is 1. The van der Waals surface area contributed by atoms with Crippen LogP contribution in [-0.4, -0.2) is 42.5 Å². The Labute approximate surface area is 95.7 Å². The molecule has 0 aliphatic carbocycles. The predicted molar refractivity (Wildman–Crippen MR) is 59.6 cm³/mol. The van der Waals surface area contributed by atoms with Gasteiger partial charge in [-0.3, -0.25) is 4.79 Å². The standard InChI is InChI=1S/C9H19NO5S/c1-3-4-5-16(14,15)10-7-9(2,13)6-8(11)12/h10,13H,3-7H2,1-2H3,(H,11,12). The van der Waals surface area contributed by atoms with Gasteiger partial charge in [0.2, 0.25) is 10.0 Å². The Bertz CT molecular complexity index is 323. The molecule has 0 radical (unpaired) electrons. The molecule has 0 saturated carbocycles. The molecule has 0 amide bonds. The molecule has 0 aromatic rings. The fourth-order valence-electron chi connectivity index (χ4n) is 1.06. The quantitative estimate of drug-likeness (QED) is 0.562. The van der Waals surface area contributed by atoms with Gasteiger partial charge in [-0.25, -0.2) is 13.1 Å². The molecule has 0 fully saturated rings. The summed E-state index contributed by atoms with van der Waals surface area (Å²) >= 11 is 0. The normalized spacial score (nSPS) is 15.7. The average molecular weight is 253 g/mol. The number of rotatable bonds is 8. The Morgan fingerprint density at radius 1 is 1.44 bits per heavy atom. The number of unbranched alkanes of at least 4 members (excludes halogenated alkanes) is 1. The molecule has 96 valence electrons. The molecular formula is C9H19NO5S. The van der Waals surface area contributed by atoms with E-state index in [9.17, 15) is 18.3 Å². The van der Waals surface area contributed by atoms with Crippen molar-refractivity contribution in [3.8, 4) is 0 Å². The smallest absolute Gasteiger partial charge is 0.306 e. The Kier molecular flexibility index (Phi) is 5.91. The molecule has 16 heavy (non-hydrogen) atoms. The highest BCUT2D eigenvalue weighted by Crippen LogP contribution is 2.08. The summed E-state index contributed by atoms with van der Waals surface area (Å²) in [5.41, 5.74) is -1.56. The summed E-state index contributed by atoms with van der Waals surface area (Å²) in [6.07, 6.45) is 0.798. The van der Waals surface area contributed by atoms with Crippen LogP contribution in [0.4, 0.5) is 0 Å². The minimum atomic E-state index is -3.42. The molecule has 1 atom stereocenters. The van der Waals surface area contributed by atoms with Gasteiger partial charge < -0.3 is 10.2 Å². The molecule has 0 rings (SSSR count). The first-order valence-corrected chi connectivity index (χ1v) is 6.75. The van der Waals surface area contributed by atoms with Crippen LogP contribution >= 0.6 is 0 Å².